The monoisotopic (exact) mass is 277 g/mol. The van der Waals surface area contributed by atoms with Crippen molar-refractivity contribution in [3.63, 3.8) is 0 Å². The molecule has 3 rings (SSSR count). The molecule has 2 aromatic carbocycles. The van der Waals surface area contributed by atoms with E-state index in [1.165, 1.54) is 6.07 Å². The van der Waals surface area contributed by atoms with Crippen LogP contribution in [0.3, 0.4) is 0 Å². The third kappa shape index (κ3) is 2.27. The molecule has 102 valence electrons. The smallest absolute Gasteiger partial charge is 0.416 e. The largest absolute Gasteiger partial charge is 0.436 e. The predicted octanol–water partition coefficient (Wildman–Crippen LogP) is 4.82. The highest BCUT2D eigenvalue weighted by Crippen LogP contribution is 2.32. The van der Waals surface area contributed by atoms with Crippen LogP contribution in [0, 0.1) is 6.92 Å². The van der Waals surface area contributed by atoms with Gasteiger partial charge in [-0.05, 0) is 42.8 Å². The van der Waals surface area contributed by atoms with Crippen molar-refractivity contribution in [1.82, 2.24) is 4.98 Å². The fourth-order valence-corrected chi connectivity index (χ4v) is 1.98. The zero-order chi connectivity index (χ0) is 14.3. The van der Waals surface area contributed by atoms with Gasteiger partial charge in [0.25, 0.3) is 0 Å². The van der Waals surface area contributed by atoms with Crippen LogP contribution in [0.1, 0.15) is 11.1 Å². The van der Waals surface area contributed by atoms with Gasteiger partial charge in [-0.15, -0.1) is 0 Å². The Kier molecular flexibility index (Phi) is 2.78. The standard InChI is InChI=1S/C15H10F3NO/c1-9-5-6-12-13(7-9)20-14(19-12)10-3-2-4-11(8-10)15(16,17)18/h2-8H,1H3. The second-order valence-corrected chi connectivity index (χ2v) is 4.57. The minimum absolute atomic E-state index is 0.191. The van der Waals surface area contributed by atoms with Gasteiger partial charge in [-0.25, -0.2) is 4.98 Å². The van der Waals surface area contributed by atoms with Crippen molar-refractivity contribution < 1.29 is 17.6 Å². The lowest BCUT2D eigenvalue weighted by molar-refractivity contribution is -0.137. The topological polar surface area (TPSA) is 26.0 Å². The Morgan fingerprint density at radius 2 is 1.85 bits per heavy atom. The van der Waals surface area contributed by atoms with Gasteiger partial charge in [0.05, 0.1) is 5.56 Å². The van der Waals surface area contributed by atoms with E-state index in [9.17, 15) is 13.2 Å². The molecule has 0 aliphatic carbocycles. The van der Waals surface area contributed by atoms with Crippen LogP contribution in [0.5, 0.6) is 0 Å². The maximum Gasteiger partial charge on any atom is 0.416 e. The fraction of sp³-hybridized carbons (Fsp3) is 0.133. The molecule has 0 saturated carbocycles. The summed E-state index contributed by atoms with van der Waals surface area (Å²) in [5, 5.41) is 0. The summed E-state index contributed by atoms with van der Waals surface area (Å²) in [6, 6.07) is 10.4. The van der Waals surface area contributed by atoms with E-state index in [2.05, 4.69) is 4.98 Å². The number of alkyl halides is 3. The predicted molar refractivity (Wildman–Crippen MR) is 69.2 cm³/mol. The van der Waals surface area contributed by atoms with Gasteiger partial charge in [-0.2, -0.15) is 13.2 Å². The summed E-state index contributed by atoms with van der Waals surface area (Å²) in [4.78, 5) is 4.21. The summed E-state index contributed by atoms with van der Waals surface area (Å²) in [6.45, 7) is 1.91. The zero-order valence-corrected chi connectivity index (χ0v) is 10.5. The van der Waals surface area contributed by atoms with E-state index in [0.717, 1.165) is 17.7 Å². The van der Waals surface area contributed by atoms with Crippen LogP contribution < -0.4 is 0 Å². The number of fused-ring (bicyclic) bond motifs is 1. The lowest BCUT2D eigenvalue weighted by Gasteiger charge is -2.06. The molecule has 0 bridgehead atoms. The minimum atomic E-state index is -4.38. The number of rotatable bonds is 1. The minimum Gasteiger partial charge on any atom is -0.436 e. The van der Waals surface area contributed by atoms with Crippen molar-refractivity contribution in [3.05, 3.63) is 53.6 Å². The Morgan fingerprint density at radius 1 is 1.05 bits per heavy atom. The number of hydrogen-bond acceptors (Lipinski definition) is 2. The molecule has 0 fully saturated rings. The highest BCUT2D eigenvalue weighted by Gasteiger charge is 2.30. The summed E-state index contributed by atoms with van der Waals surface area (Å²) in [5.74, 6) is 0.191. The van der Waals surface area contributed by atoms with Crippen molar-refractivity contribution in [1.29, 1.82) is 0 Å². The van der Waals surface area contributed by atoms with E-state index in [0.29, 0.717) is 16.7 Å². The van der Waals surface area contributed by atoms with Gasteiger partial charge in [0, 0.05) is 5.56 Å². The maximum atomic E-state index is 12.7. The van der Waals surface area contributed by atoms with Gasteiger partial charge >= 0.3 is 6.18 Å². The van der Waals surface area contributed by atoms with E-state index >= 15 is 0 Å². The van der Waals surface area contributed by atoms with E-state index in [4.69, 9.17) is 4.42 Å². The Labute approximate surface area is 112 Å². The van der Waals surface area contributed by atoms with Crippen molar-refractivity contribution in [3.8, 4) is 11.5 Å². The van der Waals surface area contributed by atoms with Gasteiger partial charge in [0.15, 0.2) is 5.58 Å². The molecule has 0 amide bonds. The Morgan fingerprint density at radius 3 is 2.60 bits per heavy atom. The van der Waals surface area contributed by atoms with E-state index in [-0.39, 0.29) is 5.89 Å². The highest BCUT2D eigenvalue weighted by atomic mass is 19.4. The first kappa shape index (κ1) is 12.7. The van der Waals surface area contributed by atoms with Gasteiger partial charge in [0.1, 0.15) is 5.52 Å². The lowest BCUT2D eigenvalue weighted by atomic mass is 10.1. The Balaban J connectivity index is 2.11. The summed E-state index contributed by atoms with van der Waals surface area (Å²) >= 11 is 0. The summed E-state index contributed by atoms with van der Waals surface area (Å²) in [7, 11) is 0. The molecule has 0 aliphatic heterocycles. The maximum absolute atomic E-state index is 12.7. The van der Waals surface area contributed by atoms with Crippen LogP contribution in [0.2, 0.25) is 0 Å². The zero-order valence-electron chi connectivity index (χ0n) is 10.5. The molecule has 5 heteroatoms. The number of benzene rings is 2. The van der Waals surface area contributed by atoms with Crippen LogP contribution in [0.15, 0.2) is 46.9 Å². The lowest BCUT2D eigenvalue weighted by Crippen LogP contribution is -2.04. The molecule has 3 aromatic rings. The highest BCUT2D eigenvalue weighted by molar-refractivity contribution is 5.76. The number of halogens is 3. The summed E-state index contributed by atoms with van der Waals surface area (Å²) < 4.78 is 43.6. The third-order valence-corrected chi connectivity index (χ3v) is 2.98. The summed E-state index contributed by atoms with van der Waals surface area (Å²) in [5.41, 5.74) is 1.80. The molecule has 0 saturated heterocycles. The molecule has 0 radical (unpaired) electrons. The quantitative estimate of drug-likeness (QED) is 0.637. The molecule has 1 heterocycles. The molecule has 20 heavy (non-hydrogen) atoms. The summed E-state index contributed by atoms with van der Waals surface area (Å²) in [6.07, 6.45) is -4.38. The normalized spacial score (nSPS) is 12.0. The van der Waals surface area contributed by atoms with Gasteiger partial charge in [-0.3, -0.25) is 0 Å². The van der Waals surface area contributed by atoms with Crippen LogP contribution >= 0.6 is 0 Å². The molecule has 0 spiro atoms. The van der Waals surface area contributed by atoms with Crippen molar-refractivity contribution >= 4 is 11.1 Å². The number of aromatic nitrogens is 1. The molecule has 2 nitrogen and oxygen atoms in total. The number of aryl methyl sites for hydroxylation is 1. The molecule has 0 unspecified atom stereocenters. The van der Waals surface area contributed by atoms with Crippen LogP contribution in [0.4, 0.5) is 13.2 Å². The Bertz CT molecular complexity index is 774. The first-order valence-electron chi connectivity index (χ1n) is 5.98. The molecule has 1 aromatic heterocycles. The fourth-order valence-electron chi connectivity index (χ4n) is 1.98. The van der Waals surface area contributed by atoms with E-state index in [1.54, 1.807) is 18.2 Å². The third-order valence-electron chi connectivity index (χ3n) is 2.98. The average molecular weight is 277 g/mol. The number of hydrogen-bond donors (Lipinski definition) is 0. The van der Waals surface area contributed by atoms with Crippen molar-refractivity contribution in [2.45, 2.75) is 13.1 Å². The van der Waals surface area contributed by atoms with E-state index < -0.39 is 11.7 Å². The van der Waals surface area contributed by atoms with E-state index in [1.807, 2.05) is 13.0 Å². The molecule has 0 N–H and O–H groups in total. The second kappa shape index (κ2) is 4.37. The molecule has 0 aliphatic rings. The molecular weight excluding hydrogens is 267 g/mol. The number of oxazole rings is 1. The number of nitrogens with zero attached hydrogens (tertiary/aromatic N) is 1. The SMILES string of the molecule is Cc1ccc2nc(-c3cccc(C(F)(F)F)c3)oc2c1. The first-order valence-corrected chi connectivity index (χ1v) is 5.98. The van der Waals surface area contributed by atoms with Gasteiger partial charge in [0.2, 0.25) is 5.89 Å². The molecular formula is C15H10F3NO. The first-order chi connectivity index (χ1) is 9.43. The molecule has 0 atom stereocenters. The second-order valence-electron chi connectivity index (χ2n) is 4.57. The van der Waals surface area contributed by atoms with Crippen LogP contribution in [-0.2, 0) is 6.18 Å². The Hall–Kier alpha value is -2.30. The van der Waals surface area contributed by atoms with Gasteiger partial charge < -0.3 is 4.42 Å². The van der Waals surface area contributed by atoms with Crippen LogP contribution in [-0.4, -0.2) is 4.98 Å². The van der Waals surface area contributed by atoms with Crippen LogP contribution in [0.25, 0.3) is 22.6 Å². The van der Waals surface area contributed by atoms with Gasteiger partial charge in [-0.1, -0.05) is 12.1 Å². The van der Waals surface area contributed by atoms with Crippen molar-refractivity contribution in [2.75, 3.05) is 0 Å². The average Bonchev–Trinajstić information content (AvgIpc) is 2.81. The van der Waals surface area contributed by atoms with Crippen molar-refractivity contribution in [2.24, 2.45) is 0 Å².